The molecule has 23 heavy (non-hydrogen) atoms. The van der Waals surface area contributed by atoms with Crippen molar-refractivity contribution in [1.29, 1.82) is 0 Å². The molecule has 124 valence electrons. The van der Waals surface area contributed by atoms with E-state index >= 15 is 0 Å². The molecule has 1 amide bonds. The van der Waals surface area contributed by atoms with Crippen LogP contribution in [0.3, 0.4) is 0 Å². The number of nitro groups is 1. The quantitative estimate of drug-likeness (QED) is 0.388. The summed E-state index contributed by atoms with van der Waals surface area (Å²) in [6, 6.07) is 2.70. The van der Waals surface area contributed by atoms with Crippen molar-refractivity contribution in [2.45, 2.75) is 38.8 Å². The van der Waals surface area contributed by atoms with E-state index in [9.17, 15) is 24.1 Å². The first kappa shape index (κ1) is 16.9. The number of ether oxygens (including phenoxy) is 1. The molecule has 1 aromatic carbocycles. The Labute approximate surface area is 132 Å². The number of nitro benzene ring substituents is 1. The van der Waals surface area contributed by atoms with Gasteiger partial charge < -0.3 is 10.1 Å². The molecule has 1 N–H and O–H groups in total. The van der Waals surface area contributed by atoms with Crippen molar-refractivity contribution in [2.75, 3.05) is 0 Å². The molecule has 0 spiro atoms. The maximum Gasteiger partial charge on any atom is 0.304 e. The SMILES string of the molecule is CC(=O)O[C@H](NC(=O)c1ccc(F)cc1[N+](=O)[O-])C1CCCC1. The van der Waals surface area contributed by atoms with Gasteiger partial charge in [-0.3, -0.25) is 19.7 Å². The van der Waals surface area contributed by atoms with Gasteiger partial charge in [-0.2, -0.15) is 0 Å². The lowest BCUT2D eigenvalue weighted by atomic mass is 10.1. The zero-order chi connectivity index (χ0) is 17.0. The molecule has 0 radical (unpaired) electrons. The van der Waals surface area contributed by atoms with Crippen molar-refractivity contribution in [3.05, 3.63) is 39.7 Å². The molecule has 1 aromatic rings. The van der Waals surface area contributed by atoms with Crippen LogP contribution in [-0.4, -0.2) is 23.0 Å². The number of rotatable bonds is 5. The Morgan fingerprint density at radius 2 is 2.04 bits per heavy atom. The maximum absolute atomic E-state index is 13.1. The molecule has 0 saturated heterocycles. The first-order valence-corrected chi connectivity index (χ1v) is 7.30. The molecule has 2 rings (SSSR count). The lowest BCUT2D eigenvalue weighted by molar-refractivity contribution is -0.385. The van der Waals surface area contributed by atoms with Gasteiger partial charge in [-0.05, 0) is 25.0 Å². The zero-order valence-corrected chi connectivity index (χ0v) is 12.6. The minimum Gasteiger partial charge on any atom is -0.442 e. The number of halogens is 1. The average molecular weight is 324 g/mol. The predicted molar refractivity (Wildman–Crippen MR) is 78.0 cm³/mol. The van der Waals surface area contributed by atoms with Crippen molar-refractivity contribution in [2.24, 2.45) is 5.92 Å². The third kappa shape index (κ3) is 4.24. The summed E-state index contributed by atoms with van der Waals surface area (Å²) in [4.78, 5) is 33.7. The average Bonchev–Trinajstić information content (AvgIpc) is 2.99. The van der Waals surface area contributed by atoms with Crippen LogP contribution in [0.4, 0.5) is 10.1 Å². The van der Waals surface area contributed by atoms with Crippen LogP contribution >= 0.6 is 0 Å². The number of hydrogen-bond acceptors (Lipinski definition) is 5. The van der Waals surface area contributed by atoms with E-state index in [1.54, 1.807) is 0 Å². The molecule has 0 aromatic heterocycles. The van der Waals surface area contributed by atoms with Crippen LogP contribution < -0.4 is 5.32 Å². The molecular formula is C15H17FN2O5. The fourth-order valence-corrected chi connectivity index (χ4v) is 2.74. The third-order valence-corrected chi connectivity index (χ3v) is 3.80. The summed E-state index contributed by atoms with van der Waals surface area (Å²) in [6.45, 7) is 1.23. The van der Waals surface area contributed by atoms with E-state index in [1.807, 2.05) is 0 Å². The minimum absolute atomic E-state index is 0.0256. The Balaban J connectivity index is 2.21. The van der Waals surface area contributed by atoms with Gasteiger partial charge in [0.1, 0.15) is 11.4 Å². The molecule has 0 aliphatic heterocycles. The normalized spacial score (nSPS) is 15.9. The van der Waals surface area contributed by atoms with Crippen LogP contribution in [0.15, 0.2) is 18.2 Å². The van der Waals surface area contributed by atoms with Crippen molar-refractivity contribution >= 4 is 17.6 Å². The highest BCUT2D eigenvalue weighted by molar-refractivity contribution is 5.98. The summed E-state index contributed by atoms with van der Waals surface area (Å²) < 4.78 is 18.3. The summed E-state index contributed by atoms with van der Waals surface area (Å²) in [5, 5.41) is 13.5. The van der Waals surface area contributed by atoms with Crippen LogP contribution in [-0.2, 0) is 9.53 Å². The largest absolute Gasteiger partial charge is 0.442 e. The number of carbonyl (C=O) groups excluding carboxylic acids is 2. The third-order valence-electron chi connectivity index (χ3n) is 3.80. The van der Waals surface area contributed by atoms with E-state index in [0.717, 1.165) is 37.8 Å². The van der Waals surface area contributed by atoms with Gasteiger partial charge in [0.2, 0.25) is 0 Å². The number of benzene rings is 1. The van der Waals surface area contributed by atoms with Gasteiger partial charge in [-0.25, -0.2) is 4.39 Å². The van der Waals surface area contributed by atoms with Crippen molar-refractivity contribution in [1.82, 2.24) is 5.32 Å². The van der Waals surface area contributed by atoms with E-state index < -0.39 is 34.5 Å². The summed E-state index contributed by atoms with van der Waals surface area (Å²) in [6.07, 6.45) is 2.68. The van der Waals surface area contributed by atoms with Crippen molar-refractivity contribution < 1.29 is 23.6 Å². The first-order valence-electron chi connectivity index (χ1n) is 7.30. The lowest BCUT2D eigenvalue weighted by Crippen LogP contribution is -2.42. The highest BCUT2D eigenvalue weighted by Crippen LogP contribution is 2.29. The summed E-state index contributed by atoms with van der Waals surface area (Å²) in [5.74, 6) is -2.14. The van der Waals surface area contributed by atoms with E-state index in [-0.39, 0.29) is 11.5 Å². The Bertz CT molecular complexity index is 628. The smallest absolute Gasteiger partial charge is 0.304 e. The van der Waals surface area contributed by atoms with Crippen LogP contribution in [0, 0.1) is 21.8 Å². The fraction of sp³-hybridized carbons (Fsp3) is 0.467. The molecule has 1 saturated carbocycles. The van der Waals surface area contributed by atoms with E-state index in [1.165, 1.54) is 6.92 Å². The molecule has 1 fully saturated rings. The molecule has 1 aliphatic rings. The summed E-state index contributed by atoms with van der Waals surface area (Å²) >= 11 is 0. The molecule has 8 heteroatoms. The number of carbonyl (C=O) groups is 2. The van der Waals surface area contributed by atoms with Gasteiger partial charge in [0.15, 0.2) is 6.23 Å². The molecular weight excluding hydrogens is 307 g/mol. The summed E-state index contributed by atoms with van der Waals surface area (Å²) in [5.41, 5.74) is -0.901. The van der Waals surface area contributed by atoms with Crippen LogP contribution in [0.25, 0.3) is 0 Å². The first-order chi connectivity index (χ1) is 10.9. The predicted octanol–water partition coefficient (Wildman–Crippen LogP) is 2.54. The number of amides is 1. The van der Waals surface area contributed by atoms with Gasteiger partial charge in [0.05, 0.1) is 11.0 Å². The Morgan fingerprint density at radius 3 is 2.61 bits per heavy atom. The van der Waals surface area contributed by atoms with Gasteiger partial charge in [0.25, 0.3) is 11.6 Å². The number of hydrogen-bond donors (Lipinski definition) is 1. The molecule has 0 unspecified atom stereocenters. The second-order valence-electron chi connectivity index (χ2n) is 5.47. The van der Waals surface area contributed by atoms with Crippen LogP contribution in [0.1, 0.15) is 43.0 Å². The monoisotopic (exact) mass is 324 g/mol. The molecule has 0 bridgehead atoms. The number of nitrogens with one attached hydrogen (secondary N) is 1. The number of nitrogens with zero attached hydrogens (tertiary/aromatic N) is 1. The van der Waals surface area contributed by atoms with E-state index in [4.69, 9.17) is 4.74 Å². The Hall–Kier alpha value is -2.51. The summed E-state index contributed by atoms with van der Waals surface area (Å²) in [7, 11) is 0. The second-order valence-corrected chi connectivity index (χ2v) is 5.47. The van der Waals surface area contributed by atoms with Gasteiger partial charge in [0, 0.05) is 12.8 Å². The van der Waals surface area contributed by atoms with E-state index in [0.29, 0.717) is 6.07 Å². The minimum atomic E-state index is -0.841. The number of esters is 1. The molecule has 7 nitrogen and oxygen atoms in total. The maximum atomic E-state index is 13.1. The zero-order valence-electron chi connectivity index (χ0n) is 12.6. The van der Waals surface area contributed by atoms with Crippen molar-refractivity contribution in [3.63, 3.8) is 0 Å². The standard InChI is InChI=1S/C15H17FN2O5/c1-9(19)23-15(10-4-2-3-5-10)17-14(20)12-7-6-11(16)8-13(12)18(21)22/h6-8,10,15H,2-5H2,1H3,(H,17,20)/t15-/m0/s1. The fourth-order valence-electron chi connectivity index (χ4n) is 2.74. The van der Waals surface area contributed by atoms with Gasteiger partial charge >= 0.3 is 5.97 Å². The van der Waals surface area contributed by atoms with E-state index in [2.05, 4.69) is 5.32 Å². The van der Waals surface area contributed by atoms with Crippen molar-refractivity contribution in [3.8, 4) is 0 Å². The lowest BCUT2D eigenvalue weighted by Gasteiger charge is -2.24. The van der Waals surface area contributed by atoms with Gasteiger partial charge in [-0.1, -0.05) is 12.8 Å². The van der Waals surface area contributed by atoms with Crippen LogP contribution in [0.2, 0.25) is 0 Å². The second kappa shape index (κ2) is 7.17. The van der Waals surface area contributed by atoms with Crippen LogP contribution in [0.5, 0.6) is 0 Å². The van der Waals surface area contributed by atoms with Gasteiger partial charge in [-0.15, -0.1) is 0 Å². The Morgan fingerprint density at radius 1 is 1.39 bits per heavy atom. The molecule has 1 atom stereocenters. The Kier molecular flexibility index (Phi) is 5.25. The highest BCUT2D eigenvalue weighted by atomic mass is 19.1. The highest BCUT2D eigenvalue weighted by Gasteiger charge is 2.31. The molecule has 1 aliphatic carbocycles. The topological polar surface area (TPSA) is 98.5 Å². The molecule has 0 heterocycles.